The fourth-order valence-corrected chi connectivity index (χ4v) is 2.75. The lowest BCUT2D eigenvalue weighted by molar-refractivity contribution is 0.0697. The molecular formula is C15H14O5S. The van der Waals surface area contributed by atoms with Crippen molar-refractivity contribution in [2.45, 2.75) is 11.8 Å². The maximum atomic E-state index is 12.0. The molecule has 110 valence electrons. The summed E-state index contributed by atoms with van der Waals surface area (Å²) in [6.45, 7) is 1.56. The van der Waals surface area contributed by atoms with Crippen LogP contribution in [0.2, 0.25) is 0 Å². The van der Waals surface area contributed by atoms with Gasteiger partial charge in [-0.15, -0.1) is 0 Å². The van der Waals surface area contributed by atoms with Crippen LogP contribution in [0.5, 0.6) is 11.5 Å². The topological polar surface area (TPSA) is 80.7 Å². The summed E-state index contributed by atoms with van der Waals surface area (Å²) in [4.78, 5) is 10.9. The molecule has 2 aromatic rings. The van der Waals surface area contributed by atoms with Crippen LogP contribution in [0.1, 0.15) is 17.3 Å². The maximum Gasteiger partial charge on any atom is 0.335 e. The number of aromatic carboxylic acids is 1. The number of ether oxygens (including phenoxy) is 1. The number of rotatable bonds is 5. The van der Waals surface area contributed by atoms with Crippen LogP contribution in [0.15, 0.2) is 53.4 Å². The highest BCUT2D eigenvalue weighted by molar-refractivity contribution is 7.91. The van der Waals surface area contributed by atoms with Crippen LogP contribution >= 0.6 is 0 Å². The van der Waals surface area contributed by atoms with Crippen LogP contribution in [0.3, 0.4) is 0 Å². The molecule has 0 aromatic heterocycles. The lowest BCUT2D eigenvalue weighted by Crippen LogP contribution is -2.05. The zero-order chi connectivity index (χ0) is 15.5. The Hall–Kier alpha value is -2.34. The SMILES string of the molecule is CCS(=O)(=O)c1ccccc1Oc1ccc(C(=O)O)cc1. The monoisotopic (exact) mass is 306 g/mol. The van der Waals surface area contributed by atoms with Crippen molar-refractivity contribution in [3.05, 3.63) is 54.1 Å². The van der Waals surface area contributed by atoms with Crippen molar-refractivity contribution in [3.8, 4) is 11.5 Å². The second-order valence-corrected chi connectivity index (χ2v) is 6.53. The minimum absolute atomic E-state index is 0.0225. The molecule has 0 saturated carbocycles. The van der Waals surface area contributed by atoms with Gasteiger partial charge in [-0.05, 0) is 36.4 Å². The van der Waals surface area contributed by atoms with Gasteiger partial charge in [0.05, 0.1) is 11.3 Å². The van der Waals surface area contributed by atoms with Gasteiger partial charge in [-0.1, -0.05) is 19.1 Å². The molecule has 0 unspecified atom stereocenters. The van der Waals surface area contributed by atoms with E-state index in [1.165, 1.54) is 30.3 Å². The molecule has 2 aromatic carbocycles. The van der Waals surface area contributed by atoms with Crippen molar-refractivity contribution < 1.29 is 23.1 Å². The number of carbonyl (C=O) groups is 1. The highest BCUT2D eigenvalue weighted by atomic mass is 32.2. The van der Waals surface area contributed by atoms with E-state index in [-0.39, 0.29) is 22.0 Å². The van der Waals surface area contributed by atoms with Gasteiger partial charge in [-0.25, -0.2) is 13.2 Å². The second kappa shape index (κ2) is 5.97. The molecule has 0 radical (unpaired) electrons. The maximum absolute atomic E-state index is 12.0. The number of carboxylic acids is 1. The lowest BCUT2D eigenvalue weighted by Gasteiger charge is -2.10. The van der Waals surface area contributed by atoms with Crippen LogP contribution in [-0.4, -0.2) is 25.2 Å². The summed E-state index contributed by atoms with van der Waals surface area (Å²) >= 11 is 0. The number of sulfone groups is 1. The molecule has 0 aliphatic carbocycles. The zero-order valence-electron chi connectivity index (χ0n) is 11.3. The minimum atomic E-state index is -3.39. The van der Waals surface area contributed by atoms with E-state index in [0.29, 0.717) is 5.75 Å². The van der Waals surface area contributed by atoms with Gasteiger partial charge in [0.1, 0.15) is 16.4 Å². The lowest BCUT2D eigenvalue weighted by atomic mass is 10.2. The highest BCUT2D eigenvalue weighted by Gasteiger charge is 2.17. The summed E-state index contributed by atoms with van der Waals surface area (Å²) in [7, 11) is -3.39. The quantitative estimate of drug-likeness (QED) is 0.918. The molecule has 2 rings (SSSR count). The average molecular weight is 306 g/mol. The molecule has 6 heteroatoms. The molecular weight excluding hydrogens is 292 g/mol. The van der Waals surface area contributed by atoms with Gasteiger partial charge < -0.3 is 9.84 Å². The minimum Gasteiger partial charge on any atom is -0.478 e. The van der Waals surface area contributed by atoms with E-state index in [0.717, 1.165) is 0 Å². The average Bonchev–Trinajstić information content (AvgIpc) is 2.48. The van der Waals surface area contributed by atoms with Crippen LogP contribution in [0.4, 0.5) is 0 Å². The Morgan fingerprint density at radius 1 is 1.10 bits per heavy atom. The molecule has 0 amide bonds. The molecule has 0 fully saturated rings. The van der Waals surface area contributed by atoms with Gasteiger partial charge in [0.25, 0.3) is 0 Å². The molecule has 0 bridgehead atoms. The first-order valence-electron chi connectivity index (χ1n) is 6.27. The van der Waals surface area contributed by atoms with Crippen LogP contribution in [-0.2, 0) is 9.84 Å². The van der Waals surface area contributed by atoms with Crippen LogP contribution < -0.4 is 4.74 Å². The summed E-state index contributed by atoms with van der Waals surface area (Å²) in [6.07, 6.45) is 0. The molecule has 0 aliphatic rings. The summed E-state index contributed by atoms with van der Waals surface area (Å²) in [5.74, 6) is -0.456. The molecule has 0 saturated heterocycles. The van der Waals surface area contributed by atoms with Crippen molar-refractivity contribution in [1.29, 1.82) is 0 Å². The first-order valence-corrected chi connectivity index (χ1v) is 7.92. The third kappa shape index (κ3) is 3.41. The molecule has 0 aliphatic heterocycles. The van der Waals surface area contributed by atoms with Gasteiger partial charge in [0.15, 0.2) is 9.84 Å². The van der Waals surface area contributed by atoms with Gasteiger partial charge in [0, 0.05) is 0 Å². The first-order chi connectivity index (χ1) is 9.94. The van der Waals surface area contributed by atoms with E-state index >= 15 is 0 Å². The van der Waals surface area contributed by atoms with Crippen molar-refractivity contribution in [3.63, 3.8) is 0 Å². The Kier molecular flexibility index (Phi) is 4.28. The second-order valence-electron chi connectivity index (χ2n) is 4.28. The van der Waals surface area contributed by atoms with E-state index in [4.69, 9.17) is 9.84 Å². The predicted octanol–water partition coefficient (Wildman–Crippen LogP) is 2.97. The smallest absolute Gasteiger partial charge is 0.335 e. The fourth-order valence-electron chi connectivity index (χ4n) is 1.74. The Morgan fingerprint density at radius 3 is 2.29 bits per heavy atom. The number of hydrogen-bond acceptors (Lipinski definition) is 4. The van der Waals surface area contributed by atoms with Crippen molar-refractivity contribution in [2.75, 3.05) is 5.75 Å². The summed E-state index contributed by atoms with van der Waals surface area (Å²) in [5, 5.41) is 8.83. The largest absolute Gasteiger partial charge is 0.478 e. The molecule has 1 N–H and O–H groups in total. The fraction of sp³-hybridized carbons (Fsp3) is 0.133. The number of hydrogen-bond donors (Lipinski definition) is 1. The normalized spacial score (nSPS) is 11.1. The summed E-state index contributed by atoms with van der Waals surface area (Å²) in [6, 6.07) is 12.1. The van der Waals surface area contributed by atoms with E-state index in [9.17, 15) is 13.2 Å². The van der Waals surface area contributed by atoms with E-state index in [1.807, 2.05) is 0 Å². The summed E-state index contributed by atoms with van der Waals surface area (Å²) in [5.41, 5.74) is 0.136. The molecule has 5 nitrogen and oxygen atoms in total. The Labute approximate surface area is 122 Å². The molecule has 21 heavy (non-hydrogen) atoms. The Morgan fingerprint density at radius 2 is 1.71 bits per heavy atom. The molecule has 0 spiro atoms. The van der Waals surface area contributed by atoms with Crippen LogP contribution in [0, 0.1) is 0 Å². The zero-order valence-corrected chi connectivity index (χ0v) is 12.1. The van der Waals surface area contributed by atoms with Crippen molar-refractivity contribution in [2.24, 2.45) is 0 Å². The number of carboxylic acid groups (broad SMARTS) is 1. The van der Waals surface area contributed by atoms with E-state index in [2.05, 4.69) is 0 Å². The highest BCUT2D eigenvalue weighted by Crippen LogP contribution is 2.29. The van der Waals surface area contributed by atoms with Crippen LogP contribution in [0.25, 0.3) is 0 Å². The van der Waals surface area contributed by atoms with E-state index < -0.39 is 15.8 Å². The van der Waals surface area contributed by atoms with E-state index in [1.54, 1.807) is 25.1 Å². The Bertz CT molecular complexity index is 748. The first kappa shape index (κ1) is 15.1. The van der Waals surface area contributed by atoms with Gasteiger partial charge >= 0.3 is 5.97 Å². The van der Waals surface area contributed by atoms with Crippen molar-refractivity contribution >= 4 is 15.8 Å². The predicted molar refractivity (Wildman–Crippen MR) is 77.6 cm³/mol. The number of benzene rings is 2. The third-order valence-corrected chi connectivity index (χ3v) is 4.66. The van der Waals surface area contributed by atoms with Gasteiger partial charge in [0.2, 0.25) is 0 Å². The van der Waals surface area contributed by atoms with Gasteiger partial charge in [-0.2, -0.15) is 0 Å². The van der Waals surface area contributed by atoms with Gasteiger partial charge in [-0.3, -0.25) is 0 Å². The summed E-state index contributed by atoms with van der Waals surface area (Å²) < 4.78 is 29.6. The molecule has 0 atom stereocenters. The number of para-hydroxylation sites is 1. The molecule has 0 heterocycles. The Balaban J connectivity index is 2.34. The third-order valence-electron chi connectivity index (χ3n) is 2.89. The van der Waals surface area contributed by atoms with Crippen molar-refractivity contribution in [1.82, 2.24) is 0 Å². The standard InChI is InChI=1S/C15H14O5S/c1-2-21(18,19)14-6-4-3-5-13(14)20-12-9-7-11(8-10-12)15(16)17/h3-10H,2H2,1H3,(H,16,17).